The molecule has 3 heteroatoms. The predicted octanol–water partition coefficient (Wildman–Crippen LogP) is 1.82. The molecule has 0 spiro atoms. The molecule has 3 N–H and O–H groups in total. The quantitative estimate of drug-likeness (QED) is 0.810. The van der Waals surface area contributed by atoms with Crippen molar-refractivity contribution in [2.75, 3.05) is 0 Å². The first-order valence-electron chi connectivity index (χ1n) is 5.73. The molecule has 1 aromatic carbocycles. The molecule has 0 radical (unpaired) electrons. The molecule has 0 aliphatic heterocycles. The molecule has 86 valence electrons. The van der Waals surface area contributed by atoms with Crippen LogP contribution in [0.15, 0.2) is 24.3 Å². The third-order valence-corrected chi connectivity index (χ3v) is 3.41. The van der Waals surface area contributed by atoms with Crippen LogP contribution in [0.25, 0.3) is 0 Å². The summed E-state index contributed by atoms with van der Waals surface area (Å²) >= 11 is 0. The molecule has 3 nitrogen and oxygen atoms in total. The molecule has 1 fully saturated rings. The molecule has 1 aliphatic rings. The van der Waals surface area contributed by atoms with Crippen molar-refractivity contribution in [2.45, 2.75) is 38.3 Å². The van der Waals surface area contributed by atoms with E-state index in [1.807, 2.05) is 12.1 Å². The summed E-state index contributed by atoms with van der Waals surface area (Å²) in [5, 5.41) is 3.54. The monoisotopic (exact) mass is 218 g/mol. The predicted molar refractivity (Wildman–Crippen MR) is 64.1 cm³/mol. The van der Waals surface area contributed by atoms with E-state index in [2.05, 4.69) is 12.2 Å². The van der Waals surface area contributed by atoms with E-state index in [4.69, 9.17) is 5.73 Å². The van der Waals surface area contributed by atoms with Crippen LogP contribution in [-0.4, -0.2) is 11.4 Å². The van der Waals surface area contributed by atoms with Crippen molar-refractivity contribution in [3.63, 3.8) is 0 Å². The molecule has 0 saturated heterocycles. The Kier molecular flexibility index (Phi) is 2.97. The average molecular weight is 218 g/mol. The molecule has 16 heavy (non-hydrogen) atoms. The summed E-state index contributed by atoms with van der Waals surface area (Å²) in [6, 6.07) is 7.47. The van der Waals surface area contributed by atoms with Crippen LogP contribution in [0.4, 0.5) is 0 Å². The van der Waals surface area contributed by atoms with Gasteiger partial charge in [0.05, 0.1) is 0 Å². The zero-order valence-electron chi connectivity index (χ0n) is 9.62. The van der Waals surface area contributed by atoms with E-state index in [0.717, 1.165) is 6.54 Å². The maximum atomic E-state index is 10.9. The van der Waals surface area contributed by atoms with Crippen LogP contribution in [0.5, 0.6) is 0 Å². The van der Waals surface area contributed by atoms with E-state index >= 15 is 0 Å². The van der Waals surface area contributed by atoms with E-state index in [1.54, 1.807) is 12.1 Å². The minimum absolute atomic E-state index is 0.322. The molecule has 1 saturated carbocycles. The number of carbonyl (C=O) groups is 1. The molecule has 1 aliphatic carbocycles. The van der Waals surface area contributed by atoms with E-state index < -0.39 is 0 Å². The number of amides is 1. The van der Waals surface area contributed by atoms with E-state index in [-0.39, 0.29) is 5.91 Å². The summed E-state index contributed by atoms with van der Waals surface area (Å²) in [4.78, 5) is 10.9. The van der Waals surface area contributed by atoms with Crippen LogP contribution in [0.3, 0.4) is 0 Å². The number of primary amides is 1. The van der Waals surface area contributed by atoms with Crippen LogP contribution in [0.1, 0.15) is 42.1 Å². The fraction of sp³-hybridized carbons (Fsp3) is 0.462. The van der Waals surface area contributed by atoms with Crippen molar-refractivity contribution in [3.05, 3.63) is 35.4 Å². The molecule has 0 unspecified atom stereocenters. The number of benzene rings is 1. The Balaban J connectivity index is 1.92. The van der Waals surface area contributed by atoms with Crippen molar-refractivity contribution in [3.8, 4) is 0 Å². The highest BCUT2D eigenvalue weighted by Crippen LogP contribution is 2.31. The molecule has 0 bridgehead atoms. The lowest BCUT2D eigenvalue weighted by Gasteiger charge is -2.39. The van der Waals surface area contributed by atoms with Crippen molar-refractivity contribution in [1.82, 2.24) is 5.32 Å². The molecule has 0 atom stereocenters. The average Bonchev–Trinajstić information content (AvgIpc) is 2.24. The van der Waals surface area contributed by atoms with Crippen LogP contribution in [-0.2, 0) is 6.54 Å². The lowest BCUT2D eigenvalue weighted by atomic mass is 9.78. The van der Waals surface area contributed by atoms with Gasteiger partial charge in [-0.15, -0.1) is 0 Å². The van der Waals surface area contributed by atoms with Gasteiger partial charge in [-0.05, 0) is 43.9 Å². The van der Waals surface area contributed by atoms with Crippen molar-refractivity contribution >= 4 is 5.91 Å². The second-order valence-corrected chi connectivity index (χ2v) is 4.83. The summed E-state index contributed by atoms with van der Waals surface area (Å²) < 4.78 is 0. The minimum Gasteiger partial charge on any atom is -0.366 e. The van der Waals surface area contributed by atoms with Crippen LogP contribution >= 0.6 is 0 Å². The van der Waals surface area contributed by atoms with Gasteiger partial charge in [0.25, 0.3) is 0 Å². The fourth-order valence-corrected chi connectivity index (χ4v) is 1.99. The number of nitrogens with one attached hydrogen (secondary N) is 1. The Bertz CT molecular complexity index is 379. The van der Waals surface area contributed by atoms with Gasteiger partial charge in [0, 0.05) is 17.6 Å². The maximum Gasteiger partial charge on any atom is 0.248 e. The SMILES string of the molecule is CC1(NCc2ccc(C(N)=O)cc2)CCC1. The van der Waals surface area contributed by atoms with Crippen molar-refractivity contribution in [2.24, 2.45) is 5.73 Å². The van der Waals surface area contributed by atoms with Gasteiger partial charge in [-0.1, -0.05) is 12.1 Å². The molecule has 1 amide bonds. The van der Waals surface area contributed by atoms with Crippen molar-refractivity contribution in [1.29, 1.82) is 0 Å². The summed E-state index contributed by atoms with van der Waals surface area (Å²) in [5.41, 5.74) is 7.27. The summed E-state index contributed by atoms with van der Waals surface area (Å²) in [5.74, 6) is -0.370. The second kappa shape index (κ2) is 4.26. The van der Waals surface area contributed by atoms with Gasteiger partial charge >= 0.3 is 0 Å². The standard InChI is InChI=1S/C13H18N2O/c1-13(7-2-8-13)15-9-10-3-5-11(6-4-10)12(14)16/h3-6,15H,2,7-9H2,1H3,(H2,14,16). The fourth-order valence-electron chi connectivity index (χ4n) is 1.99. The molecule has 1 aromatic rings. The number of hydrogen-bond donors (Lipinski definition) is 2. The first-order valence-corrected chi connectivity index (χ1v) is 5.73. The topological polar surface area (TPSA) is 55.1 Å². The van der Waals surface area contributed by atoms with Gasteiger partial charge < -0.3 is 11.1 Å². The van der Waals surface area contributed by atoms with Gasteiger partial charge in [0.2, 0.25) is 5.91 Å². The highest BCUT2D eigenvalue weighted by atomic mass is 16.1. The third kappa shape index (κ3) is 2.42. The van der Waals surface area contributed by atoms with Gasteiger partial charge in [-0.3, -0.25) is 4.79 Å². The number of hydrogen-bond acceptors (Lipinski definition) is 2. The summed E-state index contributed by atoms with van der Waals surface area (Å²) in [6.45, 7) is 3.11. The first-order chi connectivity index (χ1) is 7.59. The largest absolute Gasteiger partial charge is 0.366 e. The second-order valence-electron chi connectivity index (χ2n) is 4.83. The van der Waals surface area contributed by atoms with Gasteiger partial charge in [-0.2, -0.15) is 0 Å². The lowest BCUT2D eigenvalue weighted by Crippen LogP contribution is -2.47. The van der Waals surface area contributed by atoms with Gasteiger partial charge in [-0.25, -0.2) is 0 Å². The van der Waals surface area contributed by atoms with Crippen molar-refractivity contribution < 1.29 is 4.79 Å². The Morgan fingerprint density at radius 2 is 2.00 bits per heavy atom. The Labute approximate surface area is 96.0 Å². The van der Waals surface area contributed by atoms with E-state index in [0.29, 0.717) is 11.1 Å². The Morgan fingerprint density at radius 3 is 2.44 bits per heavy atom. The number of rotatable bonds is 4. The van der Waals surface area contributed by atoms with Crippen LogP contribution < -0.4 is 11.1 Å². The number of nitrogens with two attached hydrogens (primary N) is 1. The van der Waals surface area contributed by atoms with Crippen LogP contribution in [0, 0.1) is 0 Å². The third-order valence-electron chi connectivity index (χ3n) is 3.41. The minimum atomic E-state index is -0.370. The van der Waals surface area contributed by atoms with Crippen LogP contribution in [0.2, 0.25) is 0 Å². The summed E-state index contributed by atoms with van der Waals surface area (Å²) in [6.07, 6.45) is 3.84. The normalized spacial score (nSPS) is 17.8. The lowest BCUT2D eigenvalue weighted by molar-refractivity contribution is 0.100. The van der Waals surface area contributed by atoms with Gasteiger partial charge in [0.1, 0.15) is 0 Å². The Hall–Kier alpha value is -1.35. The maximum absolute atomic E-state index is 10.9. The van der Waals surface area contributed by atoms with E-state index in [9.17, 15) is 4.79 Å². The Morgan fingerprint density at radius 1 is 1.38 bits per heavy atom. The zero-order chi connectivity index (χ0) is 11.6. The molecule has 2 rings (SSSR count). The molecular formula is C13H18N2O. The molecular weight excluding hydrogens is 200 g/mol. The number of carbonyl (C=O) groups excluding carboxylic acids is 1. The zero-order valence-corrected chi connectivity index (χ0v) is 9.62. The van der Waals surface area contributed by atoms with Gasteiger partial charge in [0.15, 0.2) is 0 Å². The molecule has 0 aromatic heterocycles. The van der Waals surface area contributed by atoms with E-state index in [1.165, 1.54) is 24.8 Å². The summed E-state index contributed by atoms with van der Waals surface area (Å²) in [7, 11) is 0. The highest BCUT2D eigenvalue weighted by molar-refractivity contribution is 5.92. The smallest absolute Gasteiger partial charge is 0.248 e. The highest BCUT2D eigenvalue weighted by Gasteiger charge is 2.30. The molecule has 0 heterocycles. The first kappa shape index (κ1) is 11.1.